The fourth-order valence-electron chi connectivity index (χ4n) is 0.737. The first-order chi connectivity index (χ1) is 5.24. The highest BCUT2D eigenvalue weighted by Gasteiger charge is 2.06. The lowest BCUT2D eigenvalue weighted by atomic mass is 10.1. The Morgan fingerprint density at radius 3 is 2.64 bits per heavy atom. The van der Waals surface area contributed by atoms with Gasteiger partial charge >= 0.3 is 0 Å². The topological polar surface area (TPSA) is 52.9 Å². The van der Waals surface area contributed by atoms with Gasteiger partial charge in [0.25, 0.3) is 0 Å². The lowest BCUT2D eigenvalue weighted by Crippen LogP contribution is -2.33. The summed E-state index contributed by atoms with van der Waals surface area (Å²) in [6.45, 7) is 3.76. The summed E-state index contributed by atoms with van der Waals surface area (Å²) in [5.41, 5.74) is 0. The maximum absolute atomic E-state index is 10.8. The zero-order valence-corrected chi connectivity index (χ0v) is 7.05. The first-order valence-electron chi connectivity index (χ1n) is 3.90. The third-order valence-corrected chi connectivity index (χ3v) is 1.52. The minimum atomic E-state index is 0.0205. The number of nitrogens with zero attached hydrogens (tertiary/aromatic N) is 1. The Bertz CT molecular complexity index is 160. The molecule has 0 aromatic rings. The van der Waals surface area contributed by atoms with Crippen molar-refractivity contribution in [3.63, 3.8) is 0 Å². The van der Waals surface area contributed by atoms with Crippen LogP contribution in [0.3, 0.4) is 0 Å². The van der Waals surface area contributed by atoms with Gasteiger partial charge in [0.15, 0.2) is 0 Å². The van der Waals surface area contributed by atoms with Gasteiger partial charge in [-0.25, -0.2) is 0 Å². The number of hydrogen-bond donors (Lipinski definition) is 1. The second kappa shape index (κ2) is 5.72. The zero-order chi connectivity index (χ0) is 8.69. The van der Waals surface area contributed by atoms with Crippen molar-refractivity contribution in [3.05, 3.63) is 0 Å². The normalized spacial score (nSPS) is 11.7. The molecular weight excluding hydrogens is 140 g/mol. The maximum atomic E-state index is 10.8. The molecule has 0 spiro atoms. The predicted molar refractivity (Wildman–Crippen MR) is 42.7 cm³/mol. The van der Waals surface area contributed by atoms with Crippen molar-refractivity contribution in [2.24, 2.45) is 0 Å². The van der Waals surface area contributed by atoms with Crippen molar-refractivity contribution < 1.29 is 4.79 Å². The standard InChI is InChI=1S/C8H14N2O/c1-3-7(5-6-9)10-8(11)4-2/h7H,3-5H2,1-2H3,(H,10,11). The van der Waals surface area contributed by atoms with Crippen LogP contribution in [0.25, 0.3) is 0 Å². The van der Waals surface area contributed by atoms with Crippen LogP contribution in [0.5, 0.6) is 0 Å². The molecule has 0 saturated heterocycles. The van der Waals surface area contributed by atoms with E-state index >= 15 is 0 Å². The van der Waals surface area contributed by atoms with Crippen LogP contribution in [0.15, 0.2) is 0 Å². The van der Waals surface area contributed by atoms with Crippen molar-refractivity contribution in [1.82, 2.24) is 5.32 Å². The summed E-state index contributed by atoms with van der Waals surface area (Å²) >= 11 is 0. The van der Waals surface area contributed by atoms with Crippen molar-refractivity contribution in [3.8, 4) is 6.07 Å². The molecule has 3 nitrogen and oxygen atoms in total. The van der Waals surface area contributed by atoms with Crippen molar-refractivity contribution in [1.29, 1.82) is 5.26 Å². The molecule has 1 N–H and O–H groups in total. The van der Waals surface area contributed by atoms with E-state index in [1.54, 1.807) is 6.92 Å². The number of nitriles is 1. The first-order valence-corrected chi connectivity index (χ1v) is 3.90. The summed E-state index contributed by atoms with van der Waals surface area (Å²) in [7, 11) is 0. The van der Waals surface area contributed by atoms with Crippen LogP contribution in [0.4, 0.5) is 0 Å². The summed E-state index contributed by atoms with van der Waals surface area (Å²) in [5, 5.41) is 11.1. The first kappa shape index (κ1) is 9.96. The smallest absolute Gasteiger partial charge is 0.219 e. The average molecular weight is 154 g/mol. The third kappa shape index (κ3) is 4.38. The van der Waals surface area contributed by atoms with E-state index in [9.17, 15) is 4.79 Å². The maximum Gasteiger partial charge on any atom is 0.219 e. The van der Waals surface area contributed by atoms with Gasteiger partial charge in [-0.1, -0.05) is 13.8 Å². The minimum Gasteiger partial charge on any atom is -0.352 e. The average Bonchev–Trinajstić information content (AvgIpc) is 2.03. The molecule has 1 atom stereocenters. The van der Waals surface area contributed by atoms with E-state index in [4.69, 9.17) is 5.26 Å². The molecule has 62 valence electrons. The highest BCUT2D eigenvalue weighted by atomic mass is 16.1. The van der Waals surface area contributed by atoms with E-state index < -0.39 is 0 Å². The molecule has 0 bridgehead atoms. The molecule has 0 rings (SSSR count). The van der Waals surface area contributed by atoms with Crippen LogP contribution in [-0.2, 0) is 4.79 Å². The summed E-state index contributed by atoms with van der Waals surface area (Å²) < 4.78 is 0. The molecule has 0 radical (unpaired) electrons. The van der Waals surface area contributed by atoms with Gasteiger partial charge in [0.1, 0.15) is 0 Å². The molecule has 0 saturated carbocycles. The summed E-state index contributed by atoms with van der Waals surface area (Å²) in [6.07, 6.45) is 1.71. The van der Waals surface area contributed by atoms with Crippen LogP contribution < -0.4 is 5.32 Å². The Hall–Kier alpha value is -1.04. The molecule has 1 unspecified atom stereocenters. The Labute approximate surface area is 67.4 Å². The number of rotatable bonds is 4. The molecule has 0 aliphatic heterocycles. The number of nitrogens with one attached hydrogen (secondary N) is 1. The molecular formula is C8H14N2O. The summed E-state index contributed by atoms with van der Waals surface area (Å²) in [6, 6.07) is 2.07. The molecule has 1 amide bonds. The van der Waals surface area contributed by atoms with E-state index in [0.717, 1.165) is 6.42 Å². The van der Waals surface area contributed by atoms with Gasteiger partial charge in [-0.05, 0) is 6.42 Å². The van der Waals surface area contributed by atoms with Gasteiger partial charge in [-0.15, -0.1) is 0 Å². The zero-order valence-electron chi connectivity index (χ0n) is 7.05. The lowest BCUT2D eigenvalue weighted by Gasteiger charge is -2.11. The van der Waals surface area contributed by atoms with Gasteiger partial charge in [-0.3, -0.25) is 4.79 Å². The van der Waals surface area contributed by atoms with E-state index in [1.165, 1.54) is 0 Å². The Morgan fingerprint density at radius 1 is 1.64 bits per heavy atom. The molecule has 11 heavy (non-hydrogen) atoms. The number of carbonyl (C=O) groups excluding carboxylic acids is 1. The van der Waals surface area contributed by atoms with Gasteiger partial charge in [0.05, 0.1) is 12.5 Å². The van der Waals surface area contributed by atoms with Gasteiger partial charge in [0.2, 0.25) is 5.91 Å². The third-order valence-electron chi connectivity index (χ3n) is 1.52. The van der Waals surface area contributed by atoms with Crippen LogP contribution in [0.2, 0.25) is 0 Å². The van der Waals surface area contributed by atoms with Gasteiger partial charge in [-0.2, -0.15) is 5.26 Å². The molecule has 0 fully saturated rings. The Morgan fingerprint density at radius 2 is 2.27 bits per heavy atom. The van der Waals surface area contributed by atoms with Crippen molar-refractivity contribution in [2.45, 2.75) is 39.2 Å². The molecule has 0 aromatic heterocycles. The van der Waals surface area contributed by atoms with Crippen LogP contribution in [-0.4, -0.2) is 11.9 Å². The fourth-order valence-corrected chi connectivity index (χ4v) is 0.737. The Kier molecular flexibility index (Phi) is 5.18. The minimum absolute atomic E-state index is 0.0205. The highest BCUT2D eigenvalue weighted by molar-refractivity contribution is 5.75. The fraction of sp³-hybridized carbons (Fsp3) is 0.750. The quantitative estimate of drug-likeness (QED) is 0.661. The largest absolute Gasteiger partial charge is 0.352 e. The number of carbonyl (C=O) groups is 1. The summed E-state index contributed by atoms with van der Waals surface area (Å²) in [5.74, 6) is 0.0205. The number of hydrogen-bond acceptors (Lipinski definition) is 2. The monoisotopic (exact) mass is 154 g/mol. The van der Waals surface area contributed by atoms with Gasteiger partial charge < -0.3 is 5.32 Å². The second-order valence-electron chi connectivity index (χ2n) is 2.39. The van der Waals surface area contributed by atoms with E-state index in [1.807, 2.05) is 13.0 Å². The molecule has 0 heterocycles. The van der Waals surface area contributed by atoms with Gasteiger partial charge in [0, 0.05) is 12.5 Å². The van der Waals surface area contributed by atoms with Crippen LogP contribution >= 0.6 is 0 Å². The Balaban J connectivity index is 3.70. The van der Waals surface area contributed by atoms with E-state index in [2.05, 4.69) is 5.32 Å². The van der Waals surface area contributed by atoms with E-state index in [-0.39, 0.29) is 11.9 Å². The summed E-state index contributed by atoms with van der Waals surface area (Å²) in [4.78, 5) is 10.8. The molecule has 0 aromatic carbocycles. The second-order valence-corrected chi connectivity index (χ2v) is 2.39. The molecule has 0 aliphatic carbocycles. The number of amides is 1. The van der Waals surface area contributed by atoms with Crippen LogP contribution in [0.1, 0.15) is 33.1 Å². The molecule has 0 aliphatic rings. The predicted octanol–water partition coefficient (Wildman–Crippen LogP) is 1.20. The molecule has 3 heteroatoms. The van der Waals surface area contributed by atoms with Crippen molar-refractivity contribution >= 4 is 5.91 Å². The van der Waals surface area contributed by atoms with Crippen molar-refractivity contribution in [2.75, 3.05) is 0 Å². The van der Waals surface area contributed by atoms with Crippen LogP contribution in [0, 0.1) is 11.3 Å². The lowest BCUT2D eigenvalue weighted by molar-refractivity contribution is -0.121. The van der Waals surface area contributed by atoms with E-state index in [0.29, 0.717) is 12.8 Å². The SMILES string of the molecule is CCC(=O)NC(CC)CC#N. The highest BCUT2D eigenvalue weighted by Crippen LogP contribution is 1.95.